The Balaban J connectivity index is 2.75. The average Bonchev–Trinajstić information content (AvgIpc) is 2.17. The number of nitrogens with zero attached hydrogens (tertiary/aromatic N) is 1. The number of aliphatic carboxylic acids is 2. The SMILES string of the molecule is CCN1CCC(C(=O)O)(C(=O)O)CC1. The van der Waals surface area contributed by atoms with Crippen LogP contribution < -0.4 is 0 Å². The van der Waals surface area contributed by atoms with Gasteiger partial charge in [0.2, 0.25) is 0 Å². The zero-order chi connectivity index (χ0) is 10.8. The molecule has 0 aliphatic carbocycles. The van der Waals surface area contributed by atoms with E-state index in [0.717, 1.165) is 6.54 Å². The van der Waals surface area contributed by atoms with Crippen LogP contribution in [0.25, 0.3) is 0 Å². The molecule has 5 heteroatoms. The molecule has 2 N–H and O–H groups in total. The maximum Gasteiger partial charge on any atom is 0.321 e. The Morgan fingerprint density at radius 3 is 1.93 bits per heavy atom. The minimum absolute atomic E-state index is 0.200. The minimum atomic E-state index is -1.55. The normalized spacial score (nSPS) is 21.8. The van der Waals surface area contributed by atoms with E-state index in [4.69, 9.17) is 10.2 Å². The fourth-order valence-corrected chi connectivity index (χ4v) is 1.77. The molecule has 0 amide bonds. The van der Waals surface area contributed by atoms with Crippen molar-refractivity contribution in [2.75, 3.05) is 19.6 Å². The third-order valence-electron chi connectivity index (χ3n) is 2.98. The number of piperidine rings is 1. The fraction of sp³-hybridized carbons (Fsp3) is 0.778. The molecule has 0 radical (unpaired) electrons. The lowest BCUT2D eigenvalue weighted by Gasteiger charge is -2.35. The highest BCUT2D eigenvalue weighted by Gasteiger charge is 2.48. The van der Waals surface area contributed by atoms with Gasteiger partial charge in [-0.3, -0.25) is 9.59 Å². The van der Waals surface area contributed by atoms with Crippen molar-refractivity contribution < 1.29 is 19.8 Å². The zero-order valence-corrected chi connectivity index (χ0v) is 8.19. The third-order valence-corrected chi connectivity index (χ3v) is 2.98. The summed E-state index contributed by atoms with van der Waals surface area (Å²) >= 11 is 0. The van der Waals surface area contributed by atoms with Gasteiger partial charge < -0.3 is 15.1 Å². The van der Waals surface area contributed by atoms with Crippen molar-refractivity contribution >= 4 is 11.9 Å². The van der Waals surface area contributed by atoms with E-state index in [1.807, 2.05) is 6.92 Å². The number of rotatable bonds is 3. The second kappa shape index (κ2) is 3.96. The van der Waals surface area contributed by atoms with Crippen LogP contribution >= 0.6 is 0 Å². The maximum absolute atomic E-state index is 10.9. The van der Waals surface area contributed by atoms with E-state index >= 15 is 0 Å². The van der Waals surface area contributed by atoms with Crippen molar-refractivity contribution in [1.82, 2.24) is 4.90 Å². The standard InChI is InChI=1S/C9H15NO4/c1-2-10-5-3-9(4-6-10,7(11)12)8(13)14/h2-6H2,1H3,(H,11,12)(H,13,14). The first kappa shape index (κ1) is 11.0. The summed E-state index contributed by atoms with van der Waals surface area (Å²) in [5, 5.41) is 17.8. The molecule has 1 saturated heterocycles. The molecule has 1 fully saturated rings. The first-order valence-corrected chi connectivity index (χ1v) is 4.72. The van der Waals surface area contributed by atoms with Crippen LogP contribution in [0.3, 0.4) is 0 Å². The number of likely N-dealkylation sites (tertiary alicyclic amines) is 1. The number of hydrogen-bond donors (Lipinski definition) is 2. The van der Waals surface area contributed by atoms with Gasteiger partial charge >= 0.3 is 11.9 Å². The molecule has 1 aliphatic heterocycles. The molecule has 0 aromatic carbocycles. The van der Waals surface area contributed by atoms with E-state index in [1.165, 1.54) is 0 Å². The monoisotopic (exact) mass is 201 g/mol. The molecule has 0 bridgehead atoms. The molecule has 5 nitrogen and oxygen atoms in total. The average molecular weight is 201 g/mol. The molecule has 1 heterocycles. The van der Waals surface area contributed by atoms with Crippen molar-refractivity contribution in [3.05, 3.63) is 0 Å². The van der Waals surface area contributed by atoms with Crippen molar-refractivity contribution in [3.63, 3.8) is 0 Å². The van der Waals surface area contributed by atoms with E-state index in [9.17, 15) is 9.59 Å². The van der Waals surface area contributed by atoms with Gasteiger partial charge in [0, 0.05) is 0 Å². The molecule has 1 aliphatic rings. The summed E-state index contributed by atoms with van der Waals surface area (Å²) < 4.78 is 0. The summed E-state index contributed by atoms with van der Waals surface area (Å²) in [6, 6.07) is 0. The summed E-state index contributed by atoms with van der Waals surface area (Å²) in [5.74, 6) is -2.42. The highest BCUT2D eigenvalue weighted by atomic mass is 16.4. The molecular weight excluding hydrogens is 186 g/mol. The van der Waals surface area contributed by atoms with Gasteiger partial charge in [-0.25, -0.2) is 0 Å². The Hall–Kier alpha value is -1.10. The first-order chi connectivity index (χ1) is 6.53. The van der Waals surface area contributed by atoms with Crippen molar-refractivity contribution in [2.24, 2.45) is 5.41 Å². The number of carbonyl (C=O) groups is 2. The molecular formula is C9H15NO4. The van der Waals surface area contributed by atoms with Crippen LogP contribution in [-0.4, -0.2) is 46.7 Å². The summed E-state index contributed by atoms with van der Waals surface area (Å²) in [6.07, 6.45) is 0.400. The van der Waals surface area contributed by atoms with Crippen LogP contribution in [0.5, 0.6) is 0 Å². The predicted molar refractivity (Wildman–Crippen MR) is 49.1 cm³/mol. The Kier molecular flexibility index (Phi) is 3.10. The van der Waals surface area contributed by atoms with Gasteiger partial charge in [-0.15, -0.1) is 0 Å². The van der Waals surface area contributed by atoms with Gasteiger partial charge in [-0.2, -0.15) is 0 Å². The summed E-state index contributed by atoms with van der Waals surface area (Å²) in [7, 11) is 0. The Labute approximate surface area is 82.3 Å². The van der Waals surface area contributed by atoms with Gasteiger partial charge in [-0.05, 0) is 32.5 Å². The number of carboxylic acid groups (broad SMARTS) is 2. The number of carboxylic acids is 2. The zero-order valence-electron chi connectivity index (χ0n) is 8.19. The molecule has 1 rings (SSSR count). The first-order valence-electron chi connectivity index (χ1n) is 4.72. The van der Waals surface area contributed by atoms with Crippen LogP contribution in [-0.2, 0) is 9.59 Å². The van der Waals surface area contributed by atoms with Gasteiger partial charge in [-0.1, -0.05) is 6.92 Å². The summed E-state index contributed by atoms with van der Waals surface area (Å²) in [4.78, 5) is 23.9. The molecule has 0 aromatic rings. The number of hydrogen-bond acceptors (Lipinski definition) is 3. The van der Waals surface area contributed by atoms with Gasteiger partial charge in [0.1, 0.15) is 0 Å². The molecule has 14 heavy (non-hydrogen) atoms. The van der Waals surface area contributed by atoms with E-state index in [2.05, 4.69) is 4.90 Å². The molecule has 0 atom stereocenters. The van der Waals surface area contributed by atoms with Crippen LogP contribution in [0, 0.1) is 5.41 Å². The van der Waals surface area contributed by atoms with Crippen LogP contribution in [0.15, 0.2) is 0 Å². The highest BCUT2D eigenvalue weighted by molar-refractivity contribution is 5.98. The second-order valence-electron chi connectivity index (χ2n) is 3.63. The summed E-state index contributed by atoms with van der Waals surface area (Å²) in [6.45, 7) is 3.92. The fourth-order valence-electron chi connectivity index (χ4n) is 1.77. The lowest BCUT2D eigenvalue weighted by atomic mass is 9.78. The smallest absolute Gasteiger partial charge is 0.321 e. The van der Waals surface area contributed by atoms with Crippen LogP contribution in [0.1, 0.15) is 19.8 Å². The summed E-state index contributed by atoms with van der Waals surface area (Å²) in [5.41, 5.74) is -1.55. The Morgan fingerprint density at radius 2 is 1.64 bits per heavy atom. The van der Waals surface area contributed by atoms with Crippen LogP contribution in [0.2, 0.25) is 0 Å². The van der Waals surface area contributed by atoms with Crippen molar-refractivity contribution in [2.45, 2.75) is 19.8 Å². The lowest BCUT2D eigenvalue weighted by Crippen LogP contribution is -2.48. The van der Waals surface area contributed by atoms with Crippen molar-refractivity contribution in [3.8, 4) is 0 Å². The molecule has 80 valence electrons. The molecule has 0 unspecified atom stereocenters. The quantitative estimate of drug-likeness (QED) is 0.640. The third kappa shape index (κ3) is 1.72. The van der Waals surface area contributed by atoms with Gasteiger partial charge in [0.15, 0.2) is 5.41 Å². The predicted octanol–water partition coefficient (Wildman–Crippen LogP) is 0.258. The second-order valence-corrected chi connectivity index (χ2v) is 3.63. The van der Waals surface area contributed by atoms with E-state index in [0.29, 0.717) is 13.1 Å². The maximum atomic E-state index is 10.9. The van der Waals surface area contributed by atoms with E-state index in [1.54, 1.807) is 0 Å². The Bertz CT molecular complexity index is 227. The largest absolute Gasteiger partial charge is 0.480 e. The van der Waals surface area contributed by atoms with Gasteiger partial charge in [0.25, 0.3) is 0 Å². The highest BCUT2D eigenvalue weighted by Crippen LogP contribution is 2.31. The topological polar surface area (TPSA) is 77.8 Å². The van der Waals surface area contributed by atoms with E-state index in [-0.39, 0.29) is 12.8 Å². The van der Waals surface area contributed by atoms with Crippen molar-refractivity contribution in [1.29, 1.82) is 0 Å². The molecule has 0 saturated carbocycles. The van der Waals surface area contributed by atoms with Crippen LogP contribution in [0.4, 0.5) is 0 Å². The van der Waals surface area contributed by atoms with E-state index < -0.39 is 17.4 Å². The minimum Gasteiger partial charge on any atom is -0.480 e. The van der Waals surface area contributed by atoms with Gasteiger partial charge in [0.05, 0.1) is 0 Å². The lowest BCUT2D eigenvalue weighted by molar-refractivity contribution is -0.168. The molecule has 0 spiro atoms. The molecule has 0 aromatic heterocycles. The Morgan fingerprint density at radius 1 is 1.21 bits per heavy atom.